The Morgan fingerprint density at radius 1 is 1.25 bits per heavy atom. The molecular formula is C14H18N2O4. The largest absolute Gasteiger partial charge is 0.493 e. The maximum Gasteiger partial charge on any atom is 0.253 e. The molecule has 0 amide bonds. The number of aromatic nitrogens is 2. The highest BCUT2D eigenvalue weighted by Gasteiger charge is 2.08. The number of hydrogen-bond acceptors (Lipinski definition) is 6. The molecule has 1 aromatic carbocycles. The average molecular weight is 278 g/mol. The predicted molar refractivity (Wildman–Crippen MR) is 71.5 cm³/mol. The highest BCUT2D eigenvalue weighted by Crippen LogP contribution is 2.26. The van der Waals surface area contributed by atoms with Gasteiger partial charge < -0.3 is 19.0 Å². The van der Waals surface area contributed by atoms with Crippen molar-refractivity contribution in [2.45, 2.75) is 33.5 Å². The molecule has 20 heavy (non-hydrogen) atoms. The Hall–Kier alpha value is -2.08. The standard InChI is InChI=1S/C14H18N2O4/c1-3-6-18-12-5-4-11(8-17)13(7-12)19-9-14-16-15-10(2)20-14/h4-5,7,17H,3,6,8-9H2,1-2H3. The van der Waals surface area contributed by atoms with Crippen LogP contribution in [0.15, 0.2) is 22.6 Å². The van der Waals surface area contributed by atoms with Gasteiger partial charge in [0.05, 0.1) is 13.2 Å². The minimum absolute atomic E-state index is 0.105. The van der Waals surface area contributed by atoms with Crippen LogP contribution in [0.3, 0.4) is 0 Å². The van der Waals surface area contributed by atoms with E-state index >= 15 is 0 Å². The van der Waals surface area contributed by atoms with Crippen molar-refractivity contribution in [1.29, 1.82) is 0 Å². The quantitative estimate of drug-likeness (QED) is 0.837. The second kappa shape index (κ2) is 6.91. The molecule has 0 radical (unpaired) electrons. The molecule has 6 nitrogen and oxygen atoms in total. The van der Waals surface area contributed by atoms with Crippen molar-refractivity contribution in [1.82, 2.24) is 10.2 Å². The first kappa shape index (κ1) is 14.3. The smallest absolute Gasteiger partial charge is 0.253 e. The second-order valence-corrected chi connectivity index (χ2v) is 4.28. The van der Waals surface area contributed by atoms with Crippen molar-refractivity contribution < 1.29 is 19.0 Å². The monoisotopic (exact) mass is 278 g/mol. The van der Waals surface area contributed by atoms with Gasteiger partial charge in [0.2, 0.25) is 5.89 Å². The third-order valence-corrected chi connectivity index (χ3v) is 2.60. The van der Waals surface area contributed by atoms with Crippen LogP contribution in [0.2, 0.25) is 0 Å². The van der Waals surface area contributed by atoms with Gasteiger partial charge in [0, 0.05) is 18.6 Å². The molecule has 108 valence electrons. The average Bonchev–Trinajstić information content (AvgIpc) is 2.88. The van der Waals surface area contributed by atoms with Gasteiger partial charge in [0.15, 0.2) is 6.61 Å². The van der Waals surface area contributed by atoms with Crippen LogP contribution in [0.5, 0.6) is 11.5 Å². The van der Waals surface area contributed by atoms with E-state index in [9.17, 15) is 5.11 Å². The Kier molecular flexibility index (Phi) is 4.95. The van der Waals surface area contributed by atoms with E-state index in [1.165, 1.54) is 0 Å². The third-order valence-electron chi connectivity index (χ3n) is 2.60. The summed E-state index contributed by atoms with van der Waals surface area (Å²) in [4.78, 5) is 0. The molecule has 0 unspecified atom stereocenters. The minimum atomic E-state index is -0.105. The van der Waals surface area contributed by atoms with Crippen LogP contribution >= 0.6 is 0 Å². The van der Waals surface area contributed by atoms with Gasteiger partial charge in [-0.25, -0.2) is 0 Å². The fourth-order valence-corrected chi connectivity index (χ4v) is 1.64. The molecule has 2 aromatic rings. The first-order valence-electron chi connectivity index (χ1n) is 6.51. The molecule has 0 aliphatic rings. The summed E-state index contributed by atoms with van der Waals surface area (Å²) in [6, 6.07) is 5.34. The first-order chi connectivity index (χ1) is 9.72. The van der Waals surface area contributed by atoms with Crippen LogP contribution in [-0.4, -0.2) is 21.9 Å². The summed E-state index contributed by atoms with van der Waals surface area (Å²) in [5.74, 6) is 2.15. The van der Waals surface area contributed by atoms with E-state index in [0.29, 0.717) is 35.5 Å². The van der Waals surface area contributed by atoms with Gasteiger partial charge in [-0.15, -0.1) is 10.2 Å². The Morgan fingerprint density at radius 2 is 2.10 bits per heavy atom. The summed E-state index contributed by atoms with van der Waals surface area (Å²) in [6.07, 6.45) is 0.930. The van der Waals surface area contributed by atoms with E-state index < -0.39 is 0 Å². The molecule has 1 aromatic heterocycles. The third kappa shape index (κ3) is 3.71. The lowest BCUT2D eigenvalue weighted by Gasteiger charge is -2.11. The molecule has 0 saturated carbocycles. The lowest BCUT2D eigenvalue weighted by Crippen LogP contribution is -2.01. The number of ether oxygens (including phenoxy) is 2. The normalized spacial score (nSPS) is 10.6. The first-order valence-corrected chi connectivity index (χ1v) is 6.51. The van der Waals surface area contributed by atoms with Crippen LogP contribution in [0.25, 0.3) is 0 Å². The zero-order valence-electron chi connectivity index (χ0n) is 11.6. The molecule has 1 N–H and O–H groups in total. The van der Waals surface area contributed by atoms with Crippen molar-refractivity contribution >= 4 is 0 Å². The van der Waals surface area contributed by atoms with Gasteiger partial charge in [-0.1, -0.05) is 6.92 Å². The number of aliphatic hydroxyl groups is 1. The zero-order valence-corrected chi connectivity index (χ0v) is 11.6. The molecule has 0 bridgehead atoms. The fraction of sp³-hybridized carbons (Fsp3) is 0.429. The van der Waals surface area contributed by atoms with E-state index in [0.717, 1.165) is 6.42 Å². The zero-order chi connectivity index (χ0) is 14.4. The summed E-state index contributed by atoms with van der Waals surface area (Å²) >= 11 is 0. The van der Waals surface area contributed by atoms with Gasteiger partial charge in [0.1, 0.15) is 11.5 Å². The Balaban J connectivity index is 2.07. The molecule has 0 aliphatic carbocycles. The molecular weight excluding hydrogens is 260 g/mol. The summed E-state index contributed by atoms with van der Waals surface area (Å²) < 4.78 is 16.4. The highest BCUT2D eigenvalue weighted by atomic mass is 16.5. The van der Waals surface area contributed by atoms with Gasteiger partial charge in [0.25, 0.3) is 5.89 Å². The van der Waals surface area contributed by atoms with Crippen molar-refractivity contribution in [2.75, 3.05) is 6.61 Å². The SMILES string of the molecule is CCCOc1ccc(CO)c(OCc2nnc(C)o2)c1. The van der Waals surface area contributed by atoms with Gasteiger partial charge in [-0.2, -0.15) is 0 Å². The minimum Gasteiger partial charge on any atom is -0.493 e. The van der Waals surface area contributed by atoms with E-state index in [4.69, 9.17) is 13.9 Å². The fourth-order valence-electron chi connectivity index (χ4n) is 1.64. The lowest BCUT2D eigenvalue weighted by molar-refractivity contribution is 0.237. The maximum atomic E-state index is 9.31. The van der Waals surface area contributed by atoms with E-state index in [-0.39, 0.29) is 13.2 Å². The number of aryl methyl sites for hydroxylation is 1. The summed E-state index contributed by atoms with van der Waals surface area (Å²) in [7, 11) is 0. The number of rotatable bonds is 7. The predicted octanol–water partition coefficient (Wildman–Crippen LogP) is 2.24. The van der Waals surface area contributed by atoms with E-state index in [1.54, 1.807) is 19.1 Å². The molecule has 0 saturated heterocycles. The summed E-state index contributed by atoms with van der Waals surface area (Å²) in [6.45, 7) is 4.45. The summed E-state index contributed by atoms with van der Waals surface area (Å²) in [5.41, 5.74) is 0.685. The lowest BCUT2D eigenvalue weighted by atomic mass is 10.2. The number of hydrogen-bond donors (Lipinski definition) is 1. The molecule has 0 fully saturated rings. The Bertz CT molecular complexity index is 554. The maximum absolute atomic E-state index is 9.31. The van der Waals surface area contributed by atoms with Crippen LogP contribution in [0.1, 0.15) is 30.7 Å². The van der Waals surface area contributed by atoms with Gasteiger partial charge >= 0.3 is 0 Å². The molecule has 6 heteroatoms. The molecule has 2 rings (SSSR count). The number of aliphatic hydroxyl groups excluding tert-OH is 1. The van der Waals surface area contributed by atoms with Crippen molar-refractivity contribution in [3.63, 3.8) is 0 Å². The van der Waals surface area contributed by atoms with Crippen LogP contribution in [0, 0.1) is 6.92 Å². The second-order valence-electron chi connectivity index (χ2n) is 4.28. The van der Waals surface area contributed by atoms with Crippen LogP contribution in [0.4, 0.5) is 0 Å². The van der Waals surface area contributed by atoms with E-state index in [2.05, 4.69) is 10.2 Å². The van der Waals surface area contributed by atoms with E-state index in [1.807, 2.05) is 13.0 Å². The molecule has 1 heterocycles. The van der Waals surface area contributed by atoms with Gasteiger partial charge in [-0.05, 0) is 18.6 Å². The highest BCUT2D eigenvalue weighted by molar-refractivity contribution is 5.40. The van der Waals surface area contributed by atoms with Gasteiger partial charge in [-0.3, -0.25) is 0 Å². The molecule has 0 aliphatic heterocycles. The Morgan fingerprint density at radius 3 is 2.75 bits per heavy atom. The number of nitrogens with zero attached hydrogens (tertiary/aromatic N) is 2. The Labute approximate surface area is 117 Å². The van der Waals surface area contributed by atoms with Crippen molar-refractivity contribution in [2.24, 2.45) is 0 Å². The molecule has 0 atom stereocenters. The van der Waals surface area contributed by atoms with Crippen LogP contribution < -0.4 is 9.47 Å². The van der Waals surface area contributed by atoms with Crippen LogP contribution in [-0.2, 0) is 13.2 Å². The number of benzene rings is 1. The van der Waals surface area contributed by atoms with Crippen molar-refractivity contribution in [3.05, 3.63) is 35.5 Å². The topological polar surface area (TPSA) is 77.6 Å². The van der Waals surface area contributed by atoms with Crippen molar-refractivity contribution in [3.8, 4) is 11.5 Å². The summed E-state index contributed by atoms with van der Waals surface area (Å²) in [5, 5.41) is 16.9. The molecule has 0 spiro atoms.